The monoisotopic (exact) mass is 187 g/mol. The molecule has 1 nitrogen and oxygen atoms in total. The van der Waals surface area contributed by atoms with Gasteiger partial charge in [-0.05, 0) is 36.0 Å². The average molecular weight is 187 g/mol. The van der Waals surface area contributed by atoms with Gasteiger partial charge in [-0.3, -0.25) is 4.98 Å². The molecule has 1 aliphatic carbocycles. The minimum absolute atomic E-state index is 0.203. The third kappa shape index (κ3) is 1.47. The molecule has 0 spiro atoms. The molecule has 74 valence electrons. The van der Waals surface area contributed by atoms with Crippen LogP contribution in [0.4, 0.5) is 0 Å². The molecule has 0 unspecified atom stereocenters. The molecule has 0 aliphatic heterocycles. The molecule has 0 bridgehead atoms. The van der Waals surface area contributed by atoms with Crippen molar-refractivity contribution in [3.05, 3.63) is 34.7 Å². The molecule has 0 saturated carbocycles. The number of rotatable bonds is 0. The van der Waals surface area contributed by atoms with E-state index >= 15 is 0 Å². The van der Waals surface area contributed by atoms with Crippen molar-refractivity contribution in [2.45, 2.75) is 39.5 Å². The highest BCUT2D eigenvalue weighted by atomic mass is 14.7. The fourth-order valence-corrected chi connectivity index (χ4v) is 2.03. The van der Waals surface area contributed by atoms with Crippen LogP contribution in [0.15, 0.2) is 12.1 Å². The number of nitrogens with zero attached hydrogens (tertiary/aromatic N) is 1. The fraction of sp³-hybridized carbons (Fsp3) is 0.462. The van der Waals surface area contributed by atoms with Gasteiger partial charge < -0.3 is 0 Å². The zero-order chi connectivity index (χ0) is 10.3. The summed E-state index contributed by atoms with van der Waals surface area (Å²) in [7, 11) is 0. The molecule has 0 fully saturated rings. The van der Waals surface area contributed by atoms with E-state index in [4.69, 9.17) is 0 Å². The molecule has 1 aromatic heterocycles. The van der Waals surface area contributed by atoms with Crippen LogP contribution in [0.25, 0.3) is 6.08 Å². The third-order valence-corrected chi connectivity index (χ3v) is 2.75. The molecule has 0 amide bonds. The van der Waals surface area contributed by atoms with Gasteiger partial charge in [-0.2, -0.15) is 0 Å². The molecule has 14 heavy (non-hydrogen) atoms. The first-order valence-electron chi connectivity index (χ1n) is 5.16. The van der Waals surface area contributed by atoms with Crippen LogP contribution in [0.5, 0.6) is 0 Å². The van der Waals surface area contributed by atoms with Gasteiger partial charge in [-0.1, -0.05) is 32.9 Å². The number of aryl methyl sites for hydroxylation is 1. The van der Waals surface area contributed by atoms with Crippen LogP contribution in [0, 0.1) is 6.92 Å². The van der Waals surface area contributed by atoms with Crippen molar-refractivity contribution in [3.8, 4) is 0 Å². The first-order valence-corrected chi connectivity index (χ1v) is 5.16. The molecule has 1 aliphatic rings. The van der Waals surface area contributed by atoms with Crippen LogP contribution in [-0.4, -0.2) is 4.98 Å². The molecule has 1 heteroatoms. The van der Waals surface area contributed by atoms with Crippen LogP contribution in [0.1, 0.15) is 43.3 Å². The van der Waals surface area contributed by atoms with E-state index in [1.165, 1.54) is 16.8 Å². The molecule has 0 saturated heterocycles. The third-order valence-electron chi connectivity index (χ3n) is 2.75. The van der Waals surface area contributed by atoms with Gasteiger partial charge in [-0.25, -0.2) is 0 Å². The Morgan fingerprint density at radius 2 is 2.00 bits per heavy atom. The number of pyridine rings is 1. The Bertz CT molecular complexity index is 394. The molecule has 1 heterocycles. The zero-order valence-corrected chi connectivity index (χ0v) is 9.39. The Morgan fingerprint density at radius 3 is 2.64 bits per heavy atom. The summed E-state index contributed by atoms with van der Waals surface area (Å²) in [5, 5.41) is 0. The Morgan fingerprint density at radius 1 is 1.29 bits per heavy atom. The molecule has 0 N–H and O–H groups in total. The summed E-state index contributed by atoms with van der Waals surface area (Å²) in [6.45, 7) is 8.83. The molecule has 1 aromatic rings. The fourth-order valence-electron chi connectivity index (χ4n) is 2.03. The Hall–Kier alpha value is -1.11. The molecular weight excluding hydrogens is 170 g/mol. The van der Waals surface area contributed by atoms with Gasteiger partial charge in [0.05, 0.1) is 5.69 Å². The normalized spacial score (nSPS) is 14.6. The number of aromatic nitrogens is 1. The van der Waals surface area contributed by atoms with E-state index in [0.29, 0.717) is 0 Å². The van der Waals surface area contributed by atoms with Gasteiger partial charge in [0.1, 0.15) is 0 Å². The first kappa shape index (κ1) is 9.45. The summed E-state index contributed by atoms with van der Waals surface area (Å²) < 4.78 is 0. The van der Waals surface area contributed by atoms with Gasteiger partial charge in [-0.15, -0.1) is 0 Å². The smallest absolute Gasteiger partial charge is 0.0665 e. The summed E-state index contributed by atoms with van der Waals surface area (Å²) in [5.41, 5.74) is 5.29. The van der Waals surface area contributed by atoms with Crippen molar-refractivity contribution in [3.63, 3.8) is 0 Å². The van der Waals surface area contributed by atoms with Crippen molar-refractivity contribution in [1.29, 1.82) is 0 Å². The summed E-state index contributed by atoms with van der Waals surface area (Å²) in [5.74, 6) is 0. The zero-order valence-electron chi connectivity index (χ0n) is 9.39. The highest BCUT2D eigenvalue weighted by Gasteiger charge is 2.19. The molecule has 2 rings (SSSR count). The Kier molecular flexibility index (Phi) is 1.99. The Balaban J connectivity index is 2.56. The van der Waals surface area contributed by atoms with E-state index in [1.54, 1.807) is 0 Å². The van der Waals surface area contributed by atoms with Gasteiger partial charge >= 0.3 is 0 Å². The topological polar surface area (TPSA) is 12.9 Å². The first-order chi connectivity index (χ1) is 6.48. The summed E-state index contributed by atoms with van der Waals surface area (Å²) in [6, 6.07) is 2.32. The lowest BCUT2D eigenvalue weighted by atomic mass is 9.85. The second-order valence-electron chi connectivity index (χ2n) is 5.02. The van der Waals surface area contributed by atoms with E-state index in [2.05, 4.69) is 50.9 Å². The Labute approximate surface area is 85.9 Å². The minimum Gasteiger partial charge on any atom is -0.253 e. The summed E-state index contributed by atoms with van der Waals surface area (Å²) >= 11 is 0. The van der Waals surface area contributed by atoms with E-state index < -0.39 is 0 Å². The molecule has 0 radical (unpaired) electrons. The maximum Gasteiger partial charge on any atom is 0.0665 e. The van der Waals surface area contributed by atoms with E-state index in [1.807, 2.05) is 0 Å². The van der Waals surface area contributed by atoms with E-state index in [-0.39, 0.29) is 5.41 Å². The van der Waals surface area contributed by atoms with Crippen molar-refractivity contribution < 1.29 is 0 Å². The molecular formula is C13H17N. The number of hydrogen-bond acceptors (Lipinski definition) is 1. The van der Waals surface area contributed by atoms with Gasteiger partial charge in [0.2, 0.25) is 0 Å². The lowest BCUT2D eigenvalue weighted by Crippen LogP contribution is -2.15. The minimum atomic E-state index is 0.203. The van der Waals surface area contributed by atoms with Crippen LogP contribution in [0.3, 0.4) is 0 Å². The predicted molar refractivity (Wildman–Crippen MR) is 60.4 cm³/mol. The van der Waals surface area contributed by atoms with Crippen LogP contribution in [-0.2, 0) is 11.8 Å². The average Bonchev–Trinajstić information content (AvgIpc) is 2.47. The summed E-state index contributed by atoms with van der Waals surface area (Å²) in [4.78, 5) is 4.63. The van der Waals surface area contributed by atoms with Crippen molar-refractivity contribution >= 4 is 6.08 Å². The number of fused-ring (bicyclic) bond motifs is 1. The maximum atomic E-state index is 4.63. The van der Waals surface area contributed by atoms with Crippen LogP contribution >= 0.6 is 0 Å². The van der Waals surface area contributed by atoms with Crippen molar-refractivity contribution in [2.75, 3.05) is 0 Å². The second kappa shape index (κ2) is 2.94. The standard InChI is InChI=1S/C13H17N/c1-9-11(13(2,3)4)8-10-6-5-7-12(10)14-9/h5,7-8H,6H2,1-4H3. The number of allylic oxidation sites excluding steroid dienone is 1. The lowest BCUT2D eigenvalue weighted by molar-refractivity contribution is 0.581. The van der Waals surface area contributed by atoms with Crippen LogP contribution in [0.2, 0.25) is 0 Å². The van der Waals surface area contributed by atoms with Gasteiger partial charge in [0.25, 0.3) is 0 Å². The molecule has 0 aromatic carbocycles. The largest absolute Gasteiger partial charge is 0.253 e. The summed E-state index contributed by atoms with van der Waals surface area (Å²) in [6.07, 6.45) is 5.35. The molecule has 0 atom stereocenters. The van der Waals surface area contributed by atoms with Crippen molar-refractivity contribution in [2.24, 2.45) is 0 Å². The number of hydrogen-bond donors (Lipinski definition) is 0. The van der Waals surface area contributed by atoms with E-state index in [9.17, 15) is 0 Å². The SMILES string of the molecule is Cc1nc2c(cc1C(C)(C)C)CC=C2. The van der Waals surface area contributed by atoms with Gasteiger partial charge in [0.15, 0.2) is 0 Å². The highest BCUT2D eigenvalue weighted by molar-refractivity contribution is 5.57. The lowest BCUT2D eigenvalue weighted by Gasteiger charge is -2.22. The van der Waals surface area contributed by atoms with Crippen molar-refractivity contribution in [1.82, 2.24) is 4.98 Å². The van der Waals surface area contributed by atoms with E-state index in [0.717, 1.165) is 12.1 Å². The van der Waals surface area contributed by atoms with Gasteiger partial charge in [0, 0.05) is 5.69 Å². The predicted octanol–water partition coefficient (Wildman–Crippen LogP) is 3.26. The maximum absolute atomic E-state index is 4.63. The van der Waals surface area contributed by atoms with Crippen LogP contribution < -0.4 is 0 Å². The highest BCUT2D eigenvalue weighted by Crippen LogP contribution is 2.28. The quantitative estimate of drug-likeness (QED) is 0.607. The second-order valence-corrected chi connectivity index (χ2v) is 5.02.